The number of hydrogen-bond acceptors (Lipinski definition) is 4. The van der Waals surface area contributed by atoms with Crippen LogP contribution in [0.15, 0.2) is 33.9 Å². The number of hydrogen-bond donors (Lipinski definition) is 0. The van der Waals surface area contributed by atoms with E-state index in [-0.39, 0.29) is 11.2 Å². The zero-order chi connectivity index (χ0) is 16.2. The van der Waals surface area contributed by atoms with Gasteiger partial charge in [0.05, 0.1) is 5.25 Å². The van der Waals surface area contributed by atoms with Crippen LogP contribution in [0.25, 0.3) is 11.1 Å². The third-order valence-corrected chi connectivity index (χ3v) is 5.47. The largest absolute Gasteiger partial charge is 0.431 e. The van der Waals surface area contributed by atoms with Gasteiger partial charge in [-0.3, -0.25) is 4.79 Å². The Morgan fingerprint density at radius 3 is 2.78 bits per heavy atom. The number of carbonyl (C=O) groups is 1. The van der Waals surface area contributed by atoms with Crippen LogP contribution in [0.2, 0.25) is 0 Å². The van der Waals surface area contributed by atoms with Gasteiger partial charge in [-0.25, -0.2) is 4.98 Å². The Labute approximate surface area is 141 Å². The molecule has 1 aliphatic carbocycles. The van der Waals surface area contributed by atoms with Crippen molar-refractivity contribution >= 4 is 28.8 Å². The highest BCUT2D eigenvalue weighted by Gasteiger charge is 2.28. The smallest absolute Gasteiger partial charge is 0.257 e. The molecule has 1 atom stereocenters. The van der Waals surface area contributed by atoms with Crippen LogP contribution in [-0.4, -0.2) is 33.6 Å². The lowest BCUT2D eigenvalue weighted by molar-refractivity contribution is -0.133. The molecular weight excluding hydrogens is 308 g/mol. The summed E-state index contributed by atoms with van der Waals surface area (Å²) >= 11 is 1.42. The van der Waals surface area contributed by atoms with Crippen molar-refractivity contribution in [2.24, 2.45) is 0 Å². The summed E-state index contributed by atoms with van der Waals surface area (Å²) in [7, 11) is 0. The highest BCUT2D eigenvalue weighted by atomic mass is 32.2. The van der Waals surface area contributed by atoms with Crippen LogP contribution in [0.1, 0.15) is 46.0 Å². The maximum Gasteiger partial charge on any atom is 0.257 e. The number of para-hydroxylation sites is 2. The molecule has 3 rings (SSSR count). The summed E-state index contributed by atoms with van der Waals surface area (Å²) in [5.41, 5.74) is 1.61. The van der Waals surface area contributed by atoms with Crippen LogP contribution in [-0.2, 0) is 4.79 Å². The maximum absolute atomic E-state index is 12.8. The van der Waals surface area contributed by atoms with Crippen molar-refractivity contribution < 1.29 is 9.21 Å². The molecule has 1 unspecified atom stereocenters. The zero-order valence-corrected chi connectivity index (χ0v) is 14.6. The summed E-state index contributed by atoms with van der Waals surface area (Å²) in [6.45, 7) is 4.80. The second kappa shape index (κ2) is 7.39. The Kier molecular flexibility index (Phi) is 5.26. The molecule has 1 aromatic heterocycles. The summed E-state index contributed by atoms with van der Waals surface area (Å²) in [6, 6.07) is 8.11. The first-order chi connectivity index (χ1) is 11.2. The Morgan fingerprint density at radius 1 is 1.35 bits per heavy atom. The standard InChI is InChI=1S/C18H24N2O2S/c1-3-20(14-9-5-4-6-10-14)17(21)13(2)23-18-19-15-11-7-8-12-16(15)22-18/h7-8,11-14H,3-6,9-10H2,1-2H3. The lowest BCUT2D eigenvalue weighted by atomic mass is 9.94. The molecule has 1 fully saturated rings. The summed E-state index contributed by atoms with van der Waals surface area (Å²) < 4.78 is 5.73. The lowest BCUT2D eigenvalue weighted by Crippen LogP contribution is -2.44. The summed E-state index contributed by atoms with van der Waals surface area (Å²) in [4.78, 5) is 19.3. The number of amides is 1. The van der Waals surface area contributed by atoms with E-state index in [4.69, 9.17) is 4.42 Å². The molecule has 1 heterocycles. The molecule has 0 N–H and O–H groups in total. The number of thioether (sulfide) groups is 1. The normalized spacial score (nSPS) is 17.3. The van der Waals surface area contributed by atoms with Gasteiger partial charge in [-0.1, -0.05) is 43.2 Å². The molecule has 23 heavy (non-hydrogen) atoms. The monoisotopic (exact) mass is 332 g/mol. The van der Waals surface area contributed by atoms with Gasteiger partial charge in [-0.15, -0.1) is 0 Å². The molecule has 0 saturated heterocycles. The third-order valence-electron chi connectivity index (χ3n) is 4.54. The van der Waals surface area contributed by atoms with E-state index in [1.54, 1.807) is 0 Å². The van der Waals surface area contributed by atoms with Gasteiger partial charge in [-0.2, -0.15) is 0 Å². The highest BCUT2D eigenvalue weighted by Crippen LogP contribution is 2.29. The van der Waals surface area contributed by atoms with Crippen LogP contribution >= 0.6 is 11.8 Å². The van der Waals surface area contributed by atoms with E-state index >= 15 is 0 Å². The second-order valence-electron chi connectivity index (χ2n) is 6.12. The van der Waals surface area contributed by atoms with Crippen molar-refractivity contribution in [3.05, 3.63) is 24.3 Å². The number of oxazole rings is 1. The van der Waals surface area contributed by atoms with Gasteiger partial charge in [0, 0.05) is 12.6 Å². The second-order valence-corrected chi connectivity index (χ2v) is 7.42. The number of aromatic nitrogens is 1. The van der Waals surface area contributed by atoms with Gasteiger partial charge in [-0.05, 0) is 38.8 Å². The van der Waals surface area contributed by atoms with E-state index in [1.807, 2.05) is 31.2 Å². The molecular formula is C18H24N2O2S. The van der Waals surface area contributed by atoms with Gasteiger partial charge in [0.1, 0.15) is 5.52 Å². The van der Waals surface area contributed by atoms with Crippen LogP contribution < -0.4 is 0 Å². The molecule has 1 aliphatic rings. The predicted molar refractivity (Wildman–Crippen MR) is 93.6 cm³/mol. The average molecular weight is 332 g/mol. The van der Waals surface area contributed by atoms with Gasteiger partial charge in [0.25, 0.3) is 5.22 Å². The minimum Gasteiger partial charge on any atom is -0.431 e. The molecule has 0 radical (unpaired) electrons. The zero-order valence-electron chi connectivity index (χ0n) is 13.8. The molecule has 0 aliphatic heterocycles. The number of carbonyl (C=O) groups excluding carboxylic acids is 1. The lowest BCUT2D eigenvalue weighted by Gasteiger charge is -2.34. The van der Waals surface area contributed by atoms with Crippen LogP contribution in [0, 0.1) is 0 Å². The van der Waals surface area contributed by atoms with Gasteiger partial charge in [0.15, 0.2) is 5.58 Å². The first-order valence-electron chi connectivity index (χ1n) is 8.51. The van der Waals surface area contributed by atoms with Crippen molar-refractivity contribution in [1.29, 1.82) is 0 Å². The van der Waals surface area contributed by atoms with E-state index < -0.39 is 0 Å². The van der Waals surface area contributed by atoms with Crippen molar-refractivity contribution in [1.82, 2.24) is 9.88 Å². The number of nitrogens with zero attached hydrogens (tertiary/aromatic N) is 2. The van der Waals surface area contributed by atoms with E-state index in [2.05, 4.69) is 16.8 Å². The Morgan fingerprint density at radius 2 is 2.09 bits per heavy atom. The van der Waals surface area contributed by atoms with Crippen molar-refractivity contribution in [2.75, 3.05) is 6.54 Å². The minimum atomic E-state index is -0.176. The molecule has 5 heteroatoms. The van der Waals surface area contributed by atoms with Crippen molar-refractivity contribution in [3.63, 3.8) is 0 Å². The van der Waals surface area contributed by atoms with Crippen LogP contribution in [0.3, 0.4) is 0 Å². The number of fused-ring (bicyclic) bond motifs is 1. The Hall–Kier alpha value is -1.49. The predicted octanol–water partition coefficient (Wildman–Crippen LogP) is 4.49. The van der Waals surface area contributed by atoms with E-state index in [1.165, 1.54) is 31.0 Å². The highest BCUT2D eigenvalue weighted by molar-refractivity contribution is 8.00. The fourth-order valence-electron chi connectivity index (χ4n) is 3.32. The van der Waals surface area contributed by atoms with Crippen molar-refractivity contribution in [2.45, 2.75) is 62.5 Å². The van der Waals surface area contributed by atoms with E-state index in [9.17, 15) is 4.79 Å². The maximum atomic E-state index is 12.8. The van der Waals surface area contributed by atoms with E-state index in [0.29, 0.717) is 11.3 Å². The molecule has 4 nitrogen and oxygen atoms in total. The number of benzene rings is 1. The first-order valence-corrected chi connectivity index (χ1v) is 9.39. The minimum absolute atomic E-state index is 0.176. The van der Waals surface area contributed by atoms with Gasteiger partial charge < -0.3 is 9.32 Å². The molecule has 1 aromatic carbocycles. The number of rotatable bonds is 5. The quantitative estimate of drug-likeness (QED) is 0.757. The fourth-order valence-corrected chi connectivity index (χ4v) is 4.15. The average Bonchev–Trinajstić information content (AvgIpc) is 2.98. The summed E-state index contributed by atoms with van der Waals surface area (Å²) in [6.07, 6.45) is 6.05. The molecule has 1 saturated carbocycles. The molecule has 2 aromatic rings. The summed E-state index contributed by atoms with van der Waals surface area (Å²) in [5.74, 6) is 0.201. The van der Waals surface area contributed by atoms with Crippen LogP contribution in [0.5, 0.6) is 0 Å². The fraction of sp³-hybridized carbons (Fsp3) is 0.556. The molecule has 1 amide bonds. The molecule has 0 spiro atoms. The van der Waals surface area contributed by atoms with E-state index in [0.717, 1.165) is 30.5 Å². The summed E-state index contributed by atoms with van der Waals surface area (Å²) in [5, 5.41) is 0.400. The van der Waals surface area contributed by atoms with Gasteiger partial charge in [0.2, 0.25) is 5.91 Å². The van der Waals surface area contributed by atoms with Gasteiger partial charge >= 0.3 is 0 Å². The molecule has 124 valence electrons. The topological polar surface area (TPSA) is 46.3 Å². The van der Waals surface area contributed by atoms with Crippen LogP contribution in [0.4, 0.5) is 0 Å². The Balaban J connectivity index is 1.68. The Bertz CT molecular complexity index is 631. The first kappa shape index (κ1) is 16.4. The SMILES string of the molecule is CCN(C(=O)C(C)Sc1nc2ccccc2o1)C1CCCCC1. The third kappa shape index (κ3) is 3.71. The van der Waals surface area contributed by atoms with Crippen molar-refractivity contribution in [3.8, 4) is 0 Å². The molecule has 0 bridgehead atoms.